The average Bonchev–Trinajstić information content (AvgIpc) is 2.98. The number of hydrogen-bond donors (Lipinski definition) is 2. The lowest BCUT2D eigenvalue weighted by Gasteiger charge is -2.16. The van der Waals surface area contributed by atoms with Crippen LogP contribution in [0.5, 0.6) is 5.75 Å². The van der Waals surface area contributed by atoms with E-state index >= 15 is 0 Å². The molecule has 3 heteroatoms. The van der Waals surface area contributed by atoms with Crippen LogP contribution in [-0.2, 0) is 10.2 Å². The van der Waals surface area contributed by atoms with Gasteiger partial charge in [0.1, 0.15) is 5.75 Å². The Bertz CT molecular complexity index is 431. The smallest absolute Gasteiger partial charge is 0.314 e. The van der Waals surface area contributed by atoms with Crippen LogP contribution in [0.1, 0.15) is 43.7 Å². The molecule has 0 aromatic heterocycles. The molecule has 0 aliphatic heterocycles. The van der Waals surface area contributed by atoms with Crippen molar-refractivity contribution in [1.29, 1.82) is 0 Å². The van der Waals surface area contributed by atoms with Gasteiger partial charge >= 0.3 is 5.97 Å². The zero-order valence-corrected chi connectivity index (χ0v) is 9.53. The van der Waals surface area contributed by atoms with Crippen LogP contribution in [0.2, 0.25) is 0 Å². The van der Waals surface area contributed by atoms with Gasteiger partial charge in [-0.25, -0.2) is 0 Å². The predicted molar refractivity (Wildman–Crippen MR) is 60.7 cm³/mol. The summed E-state index contributed by atoms with van der Waals surface area (Å²) in [5.74, 6) is -0.467. The molecule has 1 aliphatic carbocycles. The zero-order chi connectivity index (χ0) is 11.9. The molecule has 0 unspecified atom stereocenters. The first-order valence-corrected chi connectivity index (χ1v) is 5.55. The first-order valence-electron chi connectivity index (χ1n) is 5.55. The van der Waals surface area contributed by atoms with Crippen molar-refractivity contribution in [2.24, 2.45) is 0 Å². The fraction of sp³-hybridized carbons (Fsp3) is 0.462. The third-order valence-corrected chi connectivity index (χ3v) is 3.36. The minimum Gasteiger partial charge on any atom is -0.507 e. The minimum absolute atomic E-state index is 0.164. The largest absolute Gasteiger partial charge is 0.507 e. The van der Waals surface area contributed by atoms with E-state index < -0.39 is 11.4 Å². The summed E-state index contributed by atoms with van der Waals surface area (Å²) in [7, 11) is 0. The number of carbonyl (C=O) groups is 1. The summed E-state index contributed by atoms with van der Waals surface area (Å²) in [6.45, 7) is 3.97. The standard InChI is InChI=1S/C13H16O3/c1-8(2)9-4-3-5-10(11(9)14)13(6-7-13)12(15)16/h3-5,8,14H,6-7H2,1-2H3,(H,15,16). The molecule has 1 aliphatic rings. The summed E-state index contributed by atoms with van der Waals surface area (Å²) >= 11 is 0. The highest BCUT2D eigenvalue weighted by molar-refractivity contribution is 5.86. The molecule has 0 spiro atoms. The SMILES string of the molecule is CC(C)c1cccc(C2(C(=O)O)CC2)c1O. The van der Waals surface area contributed by atoms with E-state index in [0.717, 1.165) is 5.56 Å². The normalized spacial score (nSPS) is 17.4. The number of phenolic OH excluding ortho intramolecular Hbond substituents is 1. The second-order valence-corrected chi connectivity index (χ2v) is 4.79. The van der Waals surface area contributed by atoms with E-state index in [-0.39, 0.29) is 11.7 Å². The summed E-state index contributed by atoms with van der Waals surface area (Å²) < 4.78 is 0. The first kappa shape index (κ1) is 11.0. The number of benzene rings is 1. The van der Waals surface area contributed by atoms with Crippen molar-refractivity contribution >= 4 is 5.97 Å². The van der Waals surface area contributed by atoms with Gasteiger partial charge in [-0.3, -0.25) is 4.79 Å². The highest BCUT2D eigenvalue weighted by Crippen LogP contribution is 2.52. The first-order chi connectivity index (χ1) is 7.49. The molecule has 3 nitrogen and oxygen atoms in total. The van der Waals surface area contributed by atoms with Crippen molar-refractivity contribution in [2.45, 2.75) is 38.0 Å². The lowest BCUT2D eigenvalue weighted by atomic mass is 9.90. The van der Waals surface area contributed by atoms with Crippen LogP contribution < -0.4 is 0 Å². The average molecular weight is 220 g/mol. The highest BCUT2D eigenvalue weighted by Gasteiger charge is 2.53. The number of phenols is 1. The van der Waals surface area contributed by atoms with E-state index in [0.29, 0.717) is 18.4 Å². The van der Waals surface area contributed by atoms with Crippen LogP contribution in [0.25, 0.3) is 0 Å². The van der Waals surface area contributed by atoms with E-state index in [1.807, 2.05) is 26.0 Å². The Balaban J connectivity index is 2.51. The second kappa shape index (κ2) is 3.51. The van der Waals surface area contributed by atoms with Gasteiger partial charge in [0.25, 0.3) is 0 Å². The molecule has 1 saturated carbocycles. The summed E-state index contributed by atoms with van der Waals surface area (Å²) in [6.07, 6.45) is 1.24. The van der Waals surface area contributed by atoms with E-state index in [1.54, 1.807) is 6.07 Å². The van der Waals surface area contributed by atoms with Crippen molar-refractivity contribution in [2.75, 3.05) is 0 Å². The van der Waals surface area contributed by atoms with Gasteiger partial charge in [0.15, 0.2) is 0 Å². The molecule has 16 heavy (non-hydrogen) atoms. The predicted octanol–water partition coefficient (Wildman–Crippen LogP) is 2.63. The molecule has 0 saturated heterocycles. The second-order valence-electron chi connectivity index (χ2n) is 4.79. The van der Waals surface area contributed by atoms with E-state index in [4.69, 9.17) is 0 Å². The Morgan fingerprint density at radius 3 is 2.44 bits per heavy atom. The molecule has 0 bridgehead atoms. The Kier molecular flexibility index (Phi) is 2.41. The molecule has 0 heterocycles. The van der Waals surface area contributed by atoms with Gasteiger partial charge < -0.3 is 10.2 Å². The van der Waals surface area contributed by atoms with Crippen LogP contribution in [-0.4, -0.2) is 16.2 Å². The van der Waals surface area contributed by atoms with E-state index in [2.05, 4.69) is 0 Å². The molecular formula is C13H16O3. The molecule has 0 amide bonds. The summed E-state index contributed by atoms with van der Waals surface area (Å²) in [5.41, 5.74) is 0.575. The maximum absolute atomic E-state index is 11.2. The Hall–Kier alpha value is -1.51. The molecule has 2 rings (SSSR count). The van der Waals surface area contributed by atoms with Crippen LogP contribution in [0, 0.1) is 0 Å². The summed E-state index contributed by atoms with van der Waals surface area (Å²) in [6, 6.07) is 5.40. The van der Waals surface area contributed by atoms with Gasteiger partial charge in [0.05, 0.1) is 5.41 Å². The fourth-order valence-corrected chi connectivity index (χ4v) is 2.14. The molecule has 2 N–H and O–H groups in total. The van der Waals surface area contributed by atoms with Crippen LogP contribution >= 0.6 is 0 Å². The Labute approximate surface area is 94.7 Å². The van der Waals surface area contributed by atoms with Gasteiger partial charge in [-0.1, -0.05) is 32.0 Å². The van der Waals surface area contributed by atoms with E-state index in [9.17, 15) is 15.0 Å². The number of rotatable bonds is 3. The molecule has 1 aromatic carbocycles. The number of para-hydroxylation sites is 1. The summed E-state index contributed by atoms with van der Waals surface area (Å²) in [5, 5.41) is 19.3. The van der Waals surface area contributed by atoms with Crippen molar-refractivity contribution in [1.82, 2.24) is 0 Å². The number of aromatic hydroxyl groups is 1. The Morgan fingerprint density at radius 1 is 1.38 bits per heavy atom. The molecule has 0 radical (unpaired) electrons. The van der Waals surface area contributed by atoms with Gasteiger partial charge in [0.2, 0.25) is 0 Å². The molecule has 0 atom stereocenters. The summed E-state index contributed by atoms with van der Waals surface area (Å²) in [4.78, 5) is 11.2. The number of carboxylic acid groups (broad SMARTS) is 1. The number of hydrogen-bond acceptors (Lipinski definition) is 2. The maximum Gasteiger partial charge on any atom is 0.314 e. The van der Waals surface area contributed by atoms with Crippen LogP contribution in [0.3, 0.4) is 0 Å². The van der Waals surface area contributed by atoms with Crippen molar-refractivity contribution in [3.05, 3.63) is 29.3 Å². The fourth-order valence-electron chi connectivity index (χ4n) is 2.14. The monoisotopic (exact) mass is 220 g/mol. The quantitative estimate of drug-likeness (QED) is 0.823. The maximum atomic E-state index is 11.2. The Morgan fingerprint density at radius 2 is 2.00 bits per heavy atom. The van der Waals surface area contributed by atoms with Gasteiger partial charge in [-0.2, -0.15) is 0 Å². The molecular weight excluding hydrogens is 204 g/mol. The molecule has 86 valence electrons. The molecule has 1 fully saturated rings. The number of carboxylic acids is 1. The van der Waals surface area contributed by atoms with Crippen LogP contribution in [0.15, 0.2) is 18.2 Å². The van der Waals surface area contributed by atoms with Crippen molar-refractivity contribution < 1.29 is 15.0 Å². The third-order valence-electron chi connectivity index (χ3n) is 3.36. The van der Waals surface area contributed by atoms with E-state index in [1.165, 1.54) is 0 Å². The van der Waals surface area contributed by atoms with Crippen LogP contribution in [0.4, 0.5) is 0 Å². The van der Waals surface area contributed by atoms with Gasteiger partial charge in [-0.05, 0) is 24.3 Å². The lowest BCUT2D eigenvalue weighted by Crippen LogP contribution is -2.20. The van der Waals surface area contributed by atoms with Gasteiger partial charge in [-0.15, -0.1) is 0 Å². The molecule has 1 aromatic rings. The lowest BCUT2D eigenvalue weighted by molar-refractivity contribution is -0.140. The number of aliphatic carboxylic acids is 1. The van der Waals surface area contributed by atoms with Crippen molar-refractivity contribution in [3.63, 3.8) is 0 Å². The highest BCUT2D eigenvalue weighted by atomic mass is 16.4. The topological polar surface area (TPSA) is 57.5 Å². The van der Waals surface area contributed by atoms with Crippen molar-refractivity contribution in [3.8, 4) is 5.75 Å². The van der Waals surface area contributed by atoms with Gasteiger partial charge in [0, 0.05) is 5.56 Å². The minimum atomic E-state index is -0.830. The zero-order valence-electron chi connectivity index (χ0n) is 9.53. The third kappa shape index (κ3) is 1.47.